The van der Waals surface area contributed by atoms with Crippen LogP contribution < -0.4 is 14.8 Å². The number of carbonyl (C=O) groups excluding carboxylic acids is 1. The largest absolute Gasteiger partial charge is 0.493 e. The molecule has 1 aliphatic carbocycles. The normalized spacial score (nSPS) is 21.6. The van der Waals surface area contributed by atoms with Gasteiger partial charge in [0.25, 0.3) is 0 Å². The zero-order valence-corrected chi connectivity index (χ0v) is 13.3. The van der Waals surface area contributed by atoms with E-state index in [1.54, 1.807) is 14.2 Å². The fourth-order valence-electron chi connectivity index (χ4n) is 3.14. The lowest BCUT2D eigenvalue weighted by molar-refractivity contribution is -0.122. The summed E-state index contributed by atoms with van der Waals surface area (Å²) < 4.78 is 10.7. The van der Waals surface area contributed by atoms with Crippen molar-refractivity contribution in [2.24, 2.45) is 0 Å². The first-order chi connectivity index (χ1) is 10.7. The first kappa shape index (κ1) is 15.2. The highest BCUT2D eigenvalue weighted by Crippen LogP contribution is 2.36. The number of carbonyl (C=O) groups is 1. The van der Waals surface area contributed by atoms with Gasteiger partial charge < -0.3 is 14.8 Å². The summed E-state index contributed by atoms with van der Waals surface area (Å²) in [6.07, 6.45) is 4.46. The molecule has 2 aliphatic rings. The molecule has 22 heavy (non-hydrogen) atoms. The van der Waals surface area contributed by atoms with Crippen LogP contribution in [0.3, 0.4) is 0 Å². The summed E-state index contributed by atoms with van der Waals surface area (Å²) in [7, 11) is 3.29. The number of amides is 1. The Balaban J connectivity index is 1.70. The quantitative estimate of drug-likeness (QED) is 0.874. The van der Waals surface area contributed by atoms with E-state index in [0.717, 1.165) is 43.7 Å². The van der Waals surface area contributed by atoms with Crippen LogP contribution in [-0.2, 0) is 4.79 Å². The second-order valence-electron chi connectivity index (χ2n) is 6.08. The minimum Gasteiger partial charge on any atom is -0.493 e. The molecule has 0 unspecified atom stereocenters. The molecule has 1 aromatic rings. The minimum absolute atomic E-state index is 0.148. The molecule has 0 spiro atoms. The van der Waals surface area contributed by atoms with Gasteiger partial charge in [-0.05, 0) is 49.9 Å². The van der Waals surface area contributed by atoms with Gasteiger partial charge in [0.1, 0.15) is 0 Å². The number of benzene rings is 1. The summed E-state index contributed by atoms with van der Waals surface area (Å²) >= 11 is 0. The van der Waals surface area contributed by atoms with Crippen molar-refractivity contribution in [1.82, 2.24) is 10.2 Å². The summed E-state index contributed by atoms with van der Waals surface area (Å²) in [5, 5.41) is 3.07. The predicted molar refractivity (Wildman–Crippen MR) is 84.3 cm³/mol. The van der Waals surface area contributed by atoms with Crippen LogP contribution in [0.5, 0.6) is 11.5 Å². The molecule has 1 atom stereocenters. The Kier molecular flexibility index (Phi) is 4.52. The number of hydrogen-bond donors (Lipinski definition) is 1. The lowest BCUT2D eigenvalue weighted by Crippen LogP contribution is -2.37. The number of likely N-dealkylation sites (tertiary alicyclic amines) is 1. The first-order valence-electron chi connectivity index (χ1n) is 7.96. The summed E-state index contributed by atoms with van der Waals surface area (Å²) in [4.78, 5) is 14.3. The minimum atomic E-state index is 0.148. The Morgan fingerprint density at radius 1 is 1.23 bits per heavy atom. The van der Waals surface area contributed by atoms with Crippen molar-refractivity contribution >= 4 is 5.91 Å². The van der Waals surface area contributed by atoms with Gasteiger partial charge in [-0.25, -0.2) is 0 Å². The maximum absolute atomic E-state index is 12.1. The monoisotopic (exact) mass is 304 g/mol. The number of hydrogen-bond acceptors (Lipinski definition) is 4. The average Bonchev–Trinajstić information content (AvgIpc) is 3.22. The topological polar surface area (TPSA) is 50.8 Å². The summed E-state index contributed by atoms with van der Waals surface area (Å²) in [5.74, 6) is 1.63. The predicted octanol–water partition coefficient (Wildman–Crippen LogP) is 2.12. The van der Waals surface area contributed by atoms with Crippen molar-refractivity contribution in [3.05, 3.63) is 23.8 Å². The Morgan fingerprint density at radius 2 is 2.00 bits per heavy atom. The van der Waals surface area contributed by atoms with E-state index in [1.165, 1.54) is 5.56 Å². The van der Waals surface area contributed by atoms with Crippen LogP contribution in [0.25, 0.3) is 0 Å². The zero-order valence-electron chi connectivity index (χ0n) is 13.3. The van der Waals surface area contributed by atoms with Gasteiger partial charge >= 0.3 is 0 Å². The third-order valence-corrected chi connectivity index (χ3v) is 4.45. The average molecular weight is 304 g/mol. The zero-order chi connectivity index (χ0) is 15.5. The molecule has 0 radical (unpaired) electrons. The van der Waals surface area contributed by atoms with Crippen molar-refractivity contribution in [3.8, 4) is 11.5 Å². The van der Waals surface area contributed by atoms with Crippen molar-refractivity contribution in [2.75, 3.05) is 27.3 Å². The molecule has 1 saturated heterocycles. The molecule has 0 bridgehead atoms. The van der Waals surface area contributed by atoms with Crippen LogP contribution in [0.1, 0.15) is 37.3 Å². The number of rotatable bonds is 6. The molecule has 0 aromatic heterocycles. The Morgan fingerprint density at radius 3 is 2.68 bits per heavy atom. The Bertz CT molecular complexity index is 543. The lowest BCUT2D eigenvalue weighted by Gasteiger charge is -2.25. The van der Waals surface area contributed by atoms with Crippen molar-refractivity contribution in [3.63, 3.8) is 0 Å². The Labute approximate surface area is 131 Å². The lowest BCUT2D eigenvalue weighted by atomic mass is 10.0. The maximum Gasteiger partial charge on any atom is 0.234 e. The number of nitrogens with zero attached hydrogens (tertiary/aromatic N) is 1. The van der Waals surface area contributed by atoms with Gasteiger partial charge in [-0.1, -0.05) is 6.07 Å². The van der Waals surface area contributed by atoms with Crippen molar-refractivity contribution < 1.29 is 14.3 Å². The first-order valence-corrected chi connectivity index (χ1v) is 7.96. The van der Waals surface area contributed by atoms with Crippen molar-refractivity contribution in [1.29, 1.82) is 0 Å². The maximum atomic E-state index is 12.1. The van der Waals surface area contributed by atoms with Crippen LogP contribution in [0, 0.1) is 0 Å². The summed E-state index contributed by atoms with van der Waals surface area (Å²) in [6.45, 7) is 1.45. The van der Waals surface area contributed by atoms with E-state index in [1.807, 2.05) is 12.1 Å². The molecular weight excluding hydrogens is 280 g/mol. The van der Waals surface area contributed by atoms with Gasteiger partial charge in [-0.15, -0.1) is 0 Å². The Hall–Kier alpha value is -1.75. The molecule has 1 aromatic carbocycles. The molecule has 1 saturated carbocycles. The molecule has 1 aliphatic heterocycles. The number of nitrogens with one attached hydrogen (secondary N) is 1. The van der Waals surface area contributed by atoms with Gasteiger partial charge in [0.15, 0.2) is 11.5 Å². The summed E-state index contributed by atoms with van der Waals surface area (Å²) in [5.41, 5.74) is 1.19. The smallest absolute Gasteiger partial charge is 0.234 e. The number of methoxy groups -OCH3 is 2. The third kappa shape index (κ3) is 3.35. The molecule has 5 heteroatoms. The molecule has 1 heterocycles. The van der Waals surface area contributed by atoms with Crippen LogP contribution in [0.2, 0.25) is 0 Å². The van der Waals surface area contributed by atoms with Crippen LogP contribution in [0.15, 0.2) is 18.2 Å². The molecule has 120 valence electrons. The number of ether oxygens (including phenoxy) is 2. The molecule has 3 rings (SSSR count). The van der Waals surface area contributed by atoms with E-state index in [0.29, 0.717) is 12.6 Å². The van der Waals surface area contributed by atoms with Crippen molar-refractivity contribution in [2.45, 2.75) is 37.8 Å². The highest BCUT2D eigenvalue weighted by molar-refractivity contribution is 5.78. The highest BCUT2D eigenvalue weighted by atomic mass is 16.5. The van der Waals surface area contributed by atoms with Gasteiger partial charge in [0.2, 0.25) is 5.91 Å². The van der Waals surface area contributed by atoms with Crippen LogP contribution in [0.4, 0.5) is 0 Å². The van der Waals surface area contributed by atoms with Gasteiger partial charge in [-0.3, -0.25) is 9.69 Å². The van der Waals surface area contributed by atoms with E-state index in [9.17, 15) is 4.79 Å². The van der Waals surface area contributed by atoms with Gasteiger partial charge in [0.05, 0.1) is 20.8 Å². The second kappa shape index (κ2) is 6.57. The van der Waals surface area contributed by atoms with Gasteiger partial charge in [-0.2, -0.15) is 0 Å². The molecule has 1 N–H and O–H groups in total. The second-order valence-corrected chi connectivity index (χ2v) is 6.08. The fraction of sp³-hybridized carbons (Fsp3) is 0.588. The standard InChI is InChI=1S/C17H24N2O3/c1-21-15-8-5-12(10-16(15)22-2)14-4-3-9-19(14)11-17(20)18-13-6-7-13/h5,8,10,13-14H,3-4,6-7,9,11H2,1-2H3,(H,18,20)/t14-/m1/s1. The van der Waals surface area contributed by atoms with Crippen LogP contribution >= 0.6 is 0 Å². The van der Waals surface area contributed by atoms with E-state index in [-0.39, 0.29) is 11.9 Å². The SMILES string of the molecule is COc1ccc([C@H]2CCCN2CC(=O)NC2CC2)cc1OC. The van der Waals surface area contributed by atoms with E-state index in [2.05, 4.69) is 16.3 Å². The van der Waals surface area contributed by atoms with E-state index >= 15 is 0 Å². The van der Waals surface area contributed by atoms with E-state index < -0.39 is 0 Å². The van der Waals surface area contributed by atoms with Gasteiger partial charge in [0, 0.05) is 12.1 Å². The molecule has 1 amide bonds. The molecule has 2 fully saturated rings. The summed E-state index contributed by atoms with van der Waals surface area (Å²) in [6, 6.07) is 6.75. The highest BCUT2D eigenvalue weighted by Gasteiger charge is 2.30. The molecular formula is C17H24N2O3. The fourth-order valence-corrected chi connectivity index (χ4v) is 3.14. The van der Waals surface area contributed by atoms with E-state index in [4.69, 9.17) is 9.47 Å². The molecule has 5 nitrogen and oxygen atoms in total. The third-order valence-electron chi connectivity index (χ3n) is 4.45. The van der Waals surface area contributed by atoms with Crippen LogP contribution in [-0.4, -0.2) is 44.2 Å².